The van der Waals surface area contributed by atoms with Gasteiger partial charge >= 0.3 is 0 Å². The smallest absolute Gasteiger partial charge is 0.276 e. The second-order valence-corrected chi connectivity index (χ2v) is 3.50. The van der Waals surface area contributed by atoms with E-state index in [1.54, 1.807) is 0 Å². The second-order valence-electron chi connectivity index (χ2n) is 3.50. The molecule has 0 bridgehead atoms. The van der Waals surface area contributed by atoms with E-state index in [-0.39, 0.29) is 5.91 Å². The highest BCUT2D eigenvalue weighted by Crippen LogP contribution is 2.16. The number of amides is 1. The number of nitrogens with one attached hydrogen (secondary N) is 1. The van der Waals surface area contributed by atoms with E-state index in [9.17, 15) is 4.79 Å². The molecular formula is C8H12N4O. The van der Waals surface area contributed by atoms with Gasteiger partial charge in [0.25, 0.3) is 5.91 Å². The molecule has 1 aliphatic heterocycles. The highest BCUT2D eigenvalue weighted by atomic mass is 16.2. The first-order valence-electron chi connectivity index (χ1n) is 4.42. The van der Waals surface area contributed by atoms with Crippen molar-refractivity contribution in [2.75, 3.05) is 13.1 Å². The van der Waals surface area contributed by atoms with Crippen LogP contribution in [0, 0.1) is 5.92 Å². The second kappa shape index (κ2) is 3.16. The largest absolute Gasteiger partial charge is 0.337 e. The van der Waals surface area contributed by atoms with Gasteiger partial charge < -0.3 is 4.90 Å². The number of nitrogens with zero attached hydrogens (tertiary/aromatic N) is 3. The van der Waals surface area contributed by atoms with Crippen LogP contribution in [0.5, 0.6) is 0 Å². The maximum absolute atomic E-state index is 11.7. The topological polar surface area (TPSA) is 61.9 Å². The molecule has 0 saturated carbocycles. The summed E-state index contributed by atoms with van der Waals surface area (Å²) in [6.45, 7) is 3.83. The van der Waals surface area contributed by atoms with Crippen molar-refractivity contribution in [2.45, 2.75) is 13.3 Å². The van der Waals surface area contributed by atoms with Crippen molar-refractivity contribution >= 4 is 5.91 Å². The average molecular weight is 180 g/mol. The van der Waals surface area contributed by atoms with Crippen molar-refractivity contribution in [3.63, 3.8) is 0 Å². The molecule has 5 heteroatoms. The Hall–Kier alpha value is -1.39. The SMILES string of the molecule is CC1CCN(C(=O)c2cn[nH]n2)C1. The monoisotopic (exact) mass is 180 g/mol. The molecule has 5 nitrogen and oxygen atoms in total. The minimum absolute atomic E-state index is 0.0156. The third kappa shape index (κ3) is 1.54. The van der Waals surface area contributed by atoms with Crippen molar-refractivity contribution in [2.24, 2.45) is 5.92 Å². The molecule has 2 rings (SSSR count). The van der Waals surface area contributed by atoms with Gasteiger partial charge in [-0.15, -0.1) is 0 Å². The van der Waals surface area contributed by atoms with Gasteiger partial charge in [0.2, 0.25) is 0 Å². The Morgan fingerprint density at radius 2 is 2.62 bits per heavy atom. The van der Waals surface area contributed by atoms with Crippen LogP contribution in [-0.4, -0.2) is 39.3 Å². The van der Waals surface area contributed by atoms with Crippen molar-refractivity contribution in [1.29, 1.82) is 0 Å². The molecule has 1 atom stereocenters. The predicted molar refractivity (Wildman–Crippen MR) is 46.1 cm³/mol. The van der Waals surface area contributed by atoms with Crippen LogP contribution in [0.25, 0.3) is 0 Å². The molecule has 1 aliphatic rings. The van der Waals surface area contributed by atoms with E-state index in [0.29, 0.717) is 11.6 Å². The third-order valence-corrected chi connectivity index (χ3v) is 2.35. The Labute approximate surface area is 76.1 Å². The van der Waals surface area contributed by atoms with Crippen LogP contribution in [-0.2, 0) is 0 Å². The van der Waals surface area contributed by atoms with Crippen molar-refractivity contribution < 1.29 is 4.79 Å². The third-order valence-electron chi connectivity index (χ3n) is 2.35. The fourth-order valence-electron chi connectivity index (χ4n) is 1.59. The molecule has 0 aliphatic carbocycles. The van der Waals surface area contributed by atoms with Gasteiger partial charge in [-0.25, -0.2) is 0 Å². The van der Waals surface area contributed by atoms with Crippen LogP contribution in [0.15, 0.2) is 6.20 Å². The van der Waals surface area contributed by atoms with Crippen LogP contribution in [0.1, 0.15) is 23.8 Å². The lowest BCUT2D eigenvalue weighted by Gasteiger charge is -2.13. The van der Waals surface area contributed by atoms with E-state index in [2.05, 4.69) is 22.3 Å². The van der Waals surface area contributed by atoms with E-state index >= 15 is 0 Å². The maximum atomic E-state index is 11.7. The molecular weight excluding hydrogens is 168 g/mol. The Morgan fingerprint density at radius 3 is 3.15 bits per heavy atom. The van der Waals surface area contributed by atoms with Crippen molar-refractivity contribution in [3.8, 4) is 0 Å². The Bertz CT molecular complexity index is 295. The summed E-state index contributed by atoms with van der Waals surface area (Å²) in [4.78, 5) is 13.5. The van der Waals surface area contributed by atoms with Gasteiger partial charge in [-0.05, 0) is 12.3 Å². The highest BCUT2D eigenvalue weighted by molar-refractivity contribution is 5.92. The van der Waals surface area contributed by atoms with Crippen LogP contribution in [0.4, 0.5) is 0 Å². The maximum Gasteiger partial charge on any atom is 0.276 e. The molecule has 70 valence electrons. The Kier molecular flexibility index (Phi) is 2.00. The molecule has 1 amide bonds. The molecule has 0 spiro atoms. The van der Waals surface area contributed by atoms with Crippen molar-refractivity contribution in [3.05, 3.63) is 11.9 Å². The fourth-order valence-corrected chi connectivity index (χ4v) is 1.59. The van der Waals surface area contributed by atoms with Crippen LogP contribution < -0.4 is 0 Å². The summed E-state index contributed by atoms with van der Waals surface area (Å²) >= 11 is 0. The van der Waals surface area contributed by atoms with Crippen molar-refractivity contribution in [1.82, 2.24) is 20.3 Å². The molecule has 1 saturated heterocycles. The van der Waals surface area contributed by atoms with E-state index in [1.165, 1.54) is 6.20 Å². The number of rotatable bonds is 1. The summed E-state index contributed by atoms with van der Waals surface area (Å²) < 4.78 is 0. The lowest BCUT2D eigenvalue weighted by atomic mass is 10.2. The first-order chi connectivity index (χ1) is 6.27. The first-order valence-corrected chi connectivity index (χ1v) is 4.42. The zero-order valence-corrected chi connectivity index (χ0v) is 7.53. The quantitative estimate of drug-likeness (QED) is 0.675. The van der Waals surface area contributed by atoms with Gasteiger partial charge in [-0.1, -0.05) is 6.92 Å². The average Bonchev–Trinajstić information content (AvgIpc) is 2.72. The summed E-state index contributed by atoms with van der Waals surface area (Å²) in [5, 5.41) is 9.81. The summed E-state index contributed by atoms with van der Waals surface area (Å²) in [7, 11) is 0. The molecule has 2 heterocycles. The van der Waals surface area contributed by atoms with Gasteiger partial charge in [0.05, 0.1) is 6.20 Å². The van der Waals surface area contributed by atoms with Crippen LogP contribution >= 0.6 is 0 Å². The Balaban J connectivity index is 2.06. The standard InChI is InChI=1S/C8H12N4O/c1-6-2-3-12(5-6)8(13)7-4-9-11-10-7/h4,6H,2-3,5H2,1H3,(H,9,10,11). The number of carbonyl (C=O) groups excluding carboxylic acids is 1. The molecule has 0 radical (unpaired) electrons. The number of hydrogen-bond acceptors (Lipinski definition) is 3. The van der Waals surface area contributed by atoms with Crippen LogP contribution in [0.2, 0.25) is 0 Å². The first kappa shape index (κ1) is 8.22. The van der Waals surface area contributed by atoms with Gasteiger partial charge in [-0.3, -0.25) is 4.79 Å². The fraction of sp³-hybridized carbons (Fsp3) is 0.625. The van der Waals surface area contributed by atoms with E-state index in [1.807, 2.05) is 4.90 Å². The summed E-state index contributed by atoms with van der Waals surface area (Å²) in [5.74, 6) is 0.592. The zero-order chi connectivity index (χ0) is 9.26. The number of hydrogen-bond donors (Lipinski definition) is 1. The molecule has 1 unspecified atom stereocenters. The highest BCUT2D eigenvalue weighted by Gasteiger charge is 2.25. The normalized spacial score (nSPS) is 22.2. The van der Waals surface area contributed by atoms with E-state index in [0.717, 1.165) is 19.5 Å². The number of H-pyrrole nitrogens is 1. The summed E-state index contributed by atoms with van der Waals surface area (Å²) in [6.07, 6.45) is 2.55. The summed E-state index contributed by atoms with van der Waals surface area (Å²) in [5.41, 5.74) is 0.411. The van der Waals surface area contributed by atoms with Gasteiger partial charge in [0, 0.05) is 13.1 Å². The van der Waals surface area contributed by atoms with Gasteiger partial charge in [0.15, 0.2) is 5.69 Å². The molecule has 13 heavy (non-hydrogen) atoms. The predicted octanol–water partition coefficient (Wildman–Crippen LogP) is 0.287. The molecule has 1 N–H and O–H groups in total. The Morgan fingerprint density at radius 1 is 1.77 bits per heavy atom. The number of aromatic nitrogens is 3. The zero-order valence-electron chi connectivity index (χ0n) is 7.53. The lowest BCUT2D eigenvalue weighted by Crippen LogP contribution is -2.28. The number of carbonyl (C=O) groups is 1. The minimum atomic E-state index is -0.0156. The molecule has 1 aromatic rings. The molecule has 1 aromatic heterocycles. The van der Waals surface area contributed by atoms with Gasteiger partial charge in [0.1, 0.15) is 0 Å². The molecule has 1 fully saturated rings. The van der Waals surface area contributed by atoms with E-state index in [4.69, 9.17) is 0 Å². The van der Waals surface area contributed by atoms with Crippen LogP contribution in [0.3, 0.4) is 0 Å². The number of likely N-dealkylation sites (tertiary alicyclic amines) is 1. The lowest BCUT2D eigenvalue weighted by molar-refractivity contribution is 0.0782. The summed E-state index contributed by atoms with van der Waals surface area (Å²) in [6, 6.07) is 0. The minimum Gasteiger partial charge on any atom is -0.337 e. The molecule has 0 aromatic carbocycles. The van der Waals surface area contributed by atoms with Gasteiger partial charge in [-0.2, -0.15) is 15.4 Å². The van der Waals surface area contributed by atoms with E-state index < -0.39 is 0 Å². The number of aromatic amines is 1.